The highest BCUT2D eigenvalue weighted by Gasteiger charge is 2.35. The molecule has 1 aliphatic heterocycles. The highest BCUT2D eigenvalue weighted by atomic mass is 16.5. The van der Waals surface area contributed by atoms with Crippen molar-refractivity contribution in [1.82, 2.24) is 14.7 Å². The summed E-state index contributed by atoms with van der Waals surface area (Å²) in [5.74, 6) is -0.328. The van der Waals surface area contributed by atoms with Gasteiger partial charge in [-0.2, -0.15) is 10.4 Å². The van der Waals surface area contributed by atoms with Crippen LogP contribution in [0.2, 0.25) is 0 Å². The van der Waals surface area contributed by atoms with Crippen molar-refractivity contribution in [3.63, 3.8) is 0 Å². The number of benzene rings is 2. The monoisotopic (exact) mass is 522 g/mol. The Morgan fingerprint density at radius 2 is 1.82 bits per heavy atom. The molecule has 0 atom stereocenters. The second-order valence-electron chi connectivity index (χ2n) is 8.82. The zero-order valence-corrected chi connectivity index (χ0v) is 22.1. The number of imide groups is 1. The minimum absolute atomic E-state index is 0.0435. The normalized spacial score (nSPS) is 14.6. The van der Waals surface area contributed by atoms with E-state index in [9.17, 15) is 14.9 Å². The van der Waals surface area contributed by atoms with Crippen LogP contribution in [0, 0.1) is 11.3 Å². The topological polar surface area (TPSA) is 97.4 Å². The van der Waals surface area contributed by atoms with E-state index in [0.717, 1.165) is 16.2 Å². The van der Waals surface area contributed by atoms with E-state index < -0.39 is 11.8 Å². The highest BCUT2D eigenvalue weighted by Crippen LogP contribution is 2.32. The fourth-order valence-electron chi connectivity index (χ4n) is 4.25. The van der Waals surface area contributed by atoms with E-state index in [4.69, 9.17) is 14.6 Å². The number of aromatic nitrogens is 2. The molecule has 1 aromatic heterocycles. The van der Waals surface area contributed by atoms with Gasteiger partial charge in [-0.05, 0) is 68.3 Å². The third-order valence-corrected chi connectivity index (χ3v) is 6.26. The molecular weight excluding hydrogens is 492 g/mol. The maximum Gasteiger partial charge on any atom is 0.271 e. The predicted molar refractivity (Wildman–Crippen MR) is 149 cm³/mol. The van der Waals surface area contributed by atoms with Crippen molar-refractivity contribution < 1.29 is 19.1 Å². The summed E-state index contributed by atoms with van der Waals surface area (Å²) in [6.07, 6.45) is 5.70. The van der Waals surface area contributed by atoms with Crippen LogP contribution in [0.25, 0.3) is 23.0 Å². The number of para-hydroxylation sites is 1. The summed E-state index contributed by atoms with van der Waals surface area (Å²) in [6.45, 7) is 8.70. The number of amides is 2. The van der Waals surface area contributed by atoms with Crippen LogP contribution in [0.1, 0.15) is 25.8 Å². The quantitative estimate of drug-likeness (QED) is 0.150. The number of nitriles is 1. The minimum atomic E-state index is -0.580. The van der Waals surface area contributed by atoms with Crippen LogP contribution in [0.15, 0.2) is 90.2 Å². The van der Waals surface area contributed by atoms with Crippen molar-refractivity contribution in [3.8, 4) is 28.8 Å². The van der Waals surface area contributed by atoms with Crippen LogP contribution in [-0.4, -0.2) is 52.9 Å². The molecule has 198 valence electrons. The number of hydrogen-bond acceptors (Lipinski definition) is 6. The predicted octanol–water partition coefficient (Wildman–Crippen LogP) is 5.12. The van der Waals surface area contributed by atoms with Crippen LogP contribution in [0.3, 0.4) is 0 Å². The van der Waals surface area contributed by atoms with Gasteiger partial charge in [0.1, 0.15) is 24.0 Å². The van der Waals surface area contributed by atoms with E-state index in [1.165, 1.54) is 0 Å². The van der Waals surface area contributed by atoms with Crippen molar-refractivity contribution in [1.29, 1.82) is 5.26 Å². The van der Waals surface area contributed by atoms with Gasteiger partial charge >= 0.3 is 0 Å². The molecule has 0 unspecified atom stereocenters. The number of rotatable bonds is 11. The molecule has 0 bridgehead atoms. The second kappa shape index (κ2) is 12.7. The maximum absolute atomic E-state index is 13.5. The molecule has 2 amide bonds. The van der Waals surface area contributed by atoms with Gasteiger partial charge in [0, 0.05) is 42.7 Å². The molecule has 0 N–H and O–H groups in total. The Morgan fingerprint density at radius 1 is 1.08 bits per heavy atom. The van der Waals surface area contributed by atoms with Gasteiger partial charge in [0.25, 0.3) is 11.8 Å². The Labute approximate surface area is 228 Å². The van der Waals surface area contributed by atoms with E-state index in [1.807, 2.05) is 73.8 Å². The summed E-state index contributed by atoms with van der Waals surface area (Å²) in [5, 5.41) is 14.6. The first-order chi connectivity index (χ1) is 19.0. The van der Waals surface area contributed by atoms with Gasteiger partial charge in [0.05, 0.1) is 11.4 Å². The fraction of sp³-hybridized carbons (Fsp3) is 0.226. The first-order valence-corrected chi connectivity index (χ1v) is 12.7. The summed E-state index contributed by atoms with van der Waals surface area (Å²) in [6, 6.07) is 19.1. The molecule has 8 heteroatoms. The third kappa shape index (κ3) is 6.06. The Morgan fingerprint density at radius 3 is 2.49 bits per heavy atom. The third-order valence-electron chi connectivity index (χ3n) is 6.26. The first-order valence-electron chi connectivity index (χ1n) is 12.7. The lowest BCUT2D eigenvalue weighted by atomic mass is 9.93. The number of carbonyl (C=O) groups is 2. The second-order valence-corrected chi connectivity index (χ2v) is 8.82. The van der Waals surface area contributed by atoms with Gasteiger partial charge in [-0.3, -0.25) is 14.5 Å². The lowest BCUT2D eigenvalue weighted by molar-refractivity contribution is -0.140. The average Bonchev–Trinajstić information content (AvgIpc) is 3.38. The van der Waals surface area contributed by atoms with Crippen LogP contribution in [0.5, 0.6) is 5.75 Å². The fourth-order valence-corrected chi connectivity index (χ4v) is 4.25. The summed E-state index contributed by atoms with van der Waals surface area (Å²) >= 11 is 0. The summed E-state index contributed by atoms with van der Waals surface area (Å²) in [5.41, 5.74) is 3.56. The lowest BCUT2D eigenvalue weighted by Gasteiger charge is -2.27. The molecule has 2 heterocycles. The number of nitrogens with zero attached hydrogens (tertiary/aromatic N) is 4. The molecule has 1 aliphatic rings. The van der Waals surface area contributed by atoms with Crippen molar-refractivity contribution in [2.45, 2.75) is 20.3 Å². The summed E-state index contributed by atoms with van der Waals surface area (Å²) in [4.78, 5) is 27.6. The van der Waals surface area contributed by atoms with Gasteiger partial charge in [-0.1, -0.05) is 30.9 Å². The Hall–Kier alpha value is -4.74. The van der Waals surface area contributed by atoms with Crippen molar-refractivity contribution >= 4 is 17.9 Å². The van der Waals surface area contributed by atoms with Gasteiger partial charge in [-0.25, -0.2) is 4.68 Å². The van der Waals surface area contributed by atoms with E-state index in [2.05, 4.69) is 6.58 Å². The molecule has 39 heavy (non-hydrogen) atoms. The molecular formula is C31H30N4O4. The largest absolute Gasteiger partial charge is 0.490 e. The molecule has 0 fully saturated rings. The van der Waals surface area contributed by atoms with E-state index in [-0.39, 0.29) is 17.7 Å². The molecule has 3 aromatic rings. The summed E-state index contributed by atoms with van der Waals surface area (Å²) < 4.78 is 12.7. The van der Waals surface area contributed by atoms with E-state index in [0.29, 0.717) is 48.8 Å². The highest BCUT2D eigenvalue weighted by molar-refractivity contribution is 6.19. The van der Waals surface area contributed by atoms with Crippen LogP contribution in [0.4, 0.5) is 0 Å². The lowest BCUT2D eigenvalue weighted by Crippen LogP contribution is -2.43. The molecule has 2 aromatic carbocycles. The number of hydrogen-bond donors (Lipinski definition) is 0. The van der Waals surface area contributed by atoms with Crippen LogP contribution >= 0.6 is 0 Å². The molecule has 0 radical (unpaired) electrons. The number of ether oxygens (including phenoxy) is 2. The zero-order chi connectivity index (χ0) is 27.8. The van der Waals surface area contributed by atoms with Crippen LogP contribution < -0.4 is 4.74 Å². The molecule has 4 rings (SSSR count). The standard InChI is InChI=1S/C31H30N4O4/c1-4-17-39-26-14-12-23(13-15-26)29-24(21-35(33-29)25-10-7-6-8-11-25)19-27-22(3)28(20-32)31(37)34(30(27)36)16-9-18-38-5-2/h4,6-8,10-15,19,21H,1,5,9,16-18H2,2-3H3/b27-19+. The molecule has 8 nitrogen and oxygen atoms in total. The Bertz CT molecular complexity index is 1460. The van der Waals surface area contributed by atoms with Crippen LogP contribution in [-0.2, 0) is 14.3 Å². The molecule has 0 spiro atoms. The van der Waals surface area contributed by atoms with E-state index in [1.54, 1.807) is 23.8 Å². The van der Waals surface area contributed by atoms with Gasteiger partial charge in [0.15, 0.2) is 0 Å². The minimum Gasteiger partial charge on any atom is -0.490 e. The SMILES string of the molecule is C=CCOc1ccc(-c2nn(-c3ccccc3)cc2/C=C2/C(=O)N(CCCOCC)C(=O)C(C#N)=C2C)cc1. The molecule has 0 saturated heterocycles. The average molecular weight is 523 g/mol. The zero-order valence-electron chi connectivity index (χ0n) is 22.1. The van der Waals surface area contributed by atoms with Gasteiger partial charge in [0.2, 0.25) is 0 Å². The first kappa shape index (κ1) is 27.3. The number of carbonyl (C=O) groups excluding carboxylic acids is 2. The van der Waals surface area contributed by atoms with Crippen molar-refractivity contribution in [3.05, 3.63) is 95.7 Å². The Balaban J connectivity index is 1.79. The van der Waals surface area contributed by atoms with E-state index >= 15 is 0 Å². The van der Waals surface area contributed by atoms with Crippen molar-refractivity contribution in [2.24, 2.45) is 0 Å². The van der Waals surface area contributed by atoms with Gasteiger partial charge < -0.3 is 9.47 Å². The molecule has 0 saturated carbocycles. The van der Waals surface area contributed by atoms with Gasteiger partial charge in [-0.15, -0.1) is 0 Å². The molecule has 0 aliphatic carbocycles. The summed E-state index contributed by atoms with van der Waals surface area (Å²) in [7, 11) is 0. The van der Waals surface area contributed by atoms with Crippen molar-refractivity contribution in [2.75, 3.05) is 26.4 Å². The maximum atomic E-state index is 13.5. The smallest absolute Gasteiger partial charge is 0.271 e. The Kier molecular flexibility index (Phi) is 8.87.